The molecule has 0 fully saturated rings. The number of ether oxygens (including phenoxy) is 1. The summed E-state index contributed by atoms with van der Waals surface area (Å²) in [6, 6.07) is 9.42. The average Bonchev–Trinajstić information content (AvgIpc) is 2.46. The fourth-order valence-corrected chi connectivity index (χ4v) is 1.82. The van der Waals surface area contributed by atoms with Crippen LogP contribution in [0.2, 0.25) is 0 Å². The molecule has 0 radical (unpaired) electrons. The van der Waals surface area contributed by atoms with Gasteiger partial charge >= 0.3 is 6.09 Å². The number of nitrogens with one attached hydrogen (secondary N) is 1. The van der Waals surface area contributed by atoms with Gasteiger partial charge in [-0.15, -0.1) is 0 Å². The predicted molar refractivity (Wildman–Crippen MR) is 84.6 cm³/mol. The highest BCUT2D eigenvalue weighted by Crippen LogP contribution is 2.06. The average molecular weight is 292 g/mol. The number of carbonyl (C=O) groups excluding carboxylic acids is 1. The Hall–Kier alpha value is -1.72. The SMILES string of the molecule is C=C(C=S)C[C@@H](CCN)NC(=O)OCc1ccccc1. The molecule has 1 rings (SSSR count). The molecule has 0 unspecified atom stereocenters. The van der Waals surface area contributed by atoms with Crippen LogP contribution in [-0.4, -0.2) is 24.0 Å². The normalized spacial score (nSPS) is 11.4. The number of alkyl carbamates (subject to hydrolysis) is 1. The van der Waals surface area contributed by atoms with Crippen molar-refractivity contribution in [2.24, 2.45) is 5.73 Å². The van der Waals surface area contributed by atoms with Gasteiger partial charge in [-0.3, -0.25) is 0 Å². The molecular formula is C15H20N2O2S. The van der Waals surface area contributed by atoms with Crippen LogP contribution in [0.15, 0.2) is 42.5 Å². The number of nitrogens with two attached hydrogens (primary N) is 1. The highest BCUT2D eigenvalue weighted by Gasteiger charge is 2.13. The zero-order valence-corrected chi connectivity index (χ0v) is 12.2. The van der Waals surface area contributed by atoms with Gasteiger partial charge < -0.3 is 15.8 Å². The quantitative estimate of drug-likeness (QED) is 0.571. The summed E-state index contributed by atoms with van der Waals surface area (Å²) in [5.74, 6) is 0. The minimum Gasteiger partial charge on any atom is -0.445 e. The molecule has 0 aliphatic heterocycles. The molecule has 1 atom stereocenters. The van der Waals surface area contributed by atoms with Crippen LogP contribution < -0.4 is 11.1 Å². The maximum Gasteiger partial charge on any atom is 0.407 e. The minimum atomic E-state index is -0.454. The number of hydrogen-bond donors (Lipinski definition) is 2. The number of amides is 1. The van der Waals surface area contributed by atoms with Gasteiger partial charge in [-0.05, 0) is 30.5 Å². The van der Waals surface area contributed by atoms with Crippen LogP contribution in [0.1, 0.15) is 18.4 Å². The van der Waals surface area contributed by atoms with Gasteiger partial charge in [0.2, 0.25) is 0 Å². The molecule has 0 saturated carbocycles. The molecule has 0 spiro atoms. The predicted octanol–water partition coefficient (Wildman–Crippen LogP) is 2.58. The topological polar surface area (TPSA) is 64.3 Å². The van der Waals surface area contributed by atoms with Gasteiger partial charge in [0, 0.05) is 11.4 Å². The monoisotopic (exact) mass is 292 g/mol. The Bertz CT molecular complexity index is 448. The first-order valence-electron chi connectivity index (χ1n) is 6.46. The summed E-state index contributed by atoms with van der Waals surface area (Å²) >= 11 is 4.81. The Kier molecular flexibility index (Phi) is 7.54. The lowest BCUT2D eigenvalue weighted by Crippen LogP contribution is -2.37. The summed E-state index contributed by atoms with van der Waals surface area (Å²) in [6.45, 7) is 4.53. The fourth-order valence-electron chi connectivity index (χ4n) is 1.72. The summed E-state index contributed by atoms with van der Waals surface area (Å²) in [7, 11) is 0. The van der Waals surface area contributed by atoms with Gasteiger partial charge in [-0.1, -0.05) is 49.1 Å². The van der Waals surface area contributed by atoms with Crippen molar-refractivity contribution in [2.75, 3.05) is 6.54 Å². The summed E-state index contributed by atoms with van der Waals surface area (Å²) in [5, 5.41) is 4.30. The third-order valence-corrected chi connectivity index (χ3v) is 3.06. The van der Waals surface area contributed by atoms with E-state index >= 15 is 0 Å². The standard InChI is InChI=1S/C15H20N2O2S/c1-12(11-20)9-14(7-8-16)17-15(18)19-10-13-5-3-2-4-6-13/h2-6,11,14H,1,7-10,16H2,(H,17,18)/t14-/m1/s1. The van der Waals surface area contributed by atoms with E-state index in [1.54, 1.807) is 0 Å². The first-order valence-corrected chi connectivity index (χ1v) is 6.93. The van der Waals surface area contributed by atoms with Gasteiger partial charge in [0.25, 0.3) is 0 Å². The second kappa shape index (κ2) is 9.23. The molecule has 0 heterocycles. The summed E-state index contributed by atoms with van der Waals surface area (Å²) in [6.07, 6.45) is 0.786. The molecule has 20 heavy (non-hydrogen) atoms. The smallest absolute Gasteiger partial charge is 0.407 e. The molecule has 0 aliphatic rings. The molecule has 108 valence electrons. The Morgan fingerprint density at radius 2 is 2.15 bits per heavy atom. The maximum atomic E-state index is 11.7. The van der Waals surface area contributed by atoms with Gasteiger partial charge in [-0.25, -0.2) is 4.79 Å². The molecule has 3 N–H and O–H groups in total. The number of rotatable bonds is 8. The van der Waals surface area contributed by atoms with E-state index in [-0.39, 0.29) is 12.6 Å². The van der Waals surface area contributed by atoms with Crippen molar-refractivity contribution in [3.8, 4) is 0 Å². The summed E-state index contributed by atoms with van der Waals surface area (Å²) < 4.78 is 5.16. The van der Waals surface area contributed by atoms with Crippen molar-refractivity contribution >= 4 is 23.7 Å². The van der Waals surface area contributed by atoms with E-state index < -0.39 is 6.09 Å². The van der Waals surface area contributed by atoms with Crippen LogP contribution in [-0.2, 0) is 11.3 Å². The van der Waals surface area contributed by atoms with E-state index in [1.165, 1.54) is 5.37 Å². The van der Waals surface area contributed by atoms with Crippen molar-refractivity contribution in [3.63, 3.8) is 0 Å². The van der Waals surface area contributed by atoms with Crippen molar-refractivity contribution in [2.45, 2.75) is 25.5 Å². The van der Waals surface area contributed by atoms with E-state index in [0.29, 0.717) is 19.4 Å². The molecular weight excluding hydrogens is 272 g/mol. The maximum absolute atomic E-state index is 11.7. The lowest BCUT2D eigenvalue weighted by molar-refractivity contribution is 0.135. The van der Waals surface area contributed by atoms with Crippen LogP contribution in [0.5, 0.6) is 0 Å². The Morgan fingerprint density at radius 1 is 1.45 bits per heavy atom. The van der Waals surface area contributed by atoms with Gasteiger partial charge in [0.15, 0.2) is 0 Å². The number of hydrogen-bond acceptors (Lipinski definition) is 4. The van der Waals surface area contributed by atoms with E-state index in [4.69, 9.17) is 22.7 Å². The van der Waals surface area contributed by atoms with E-state index in [2.05, 4.69) is 11.9 Å². The Morgan fingerprint density at radius 3 is 2.75 bits per heavy atom. The highest BCUT2D eigenvalue weighted by atomic mass is 32.1. The van der Waals surface area contributed by atoms with Crippen LogP contribution in [0.25, 0.3) is 0 Å². The second-order valence-electron chi connectivity index (χ2n) is 4.46. The lowest BCUT2D eigenvalue weighted by Gasteiger charge is -2.17. The largest absolute Gasteiger partial charge is 0.445 e. The number of thiocarbonyl (C=S) groups is 1. The molecule has 1 aromatic carbocycles. The Labute approximate surface area is 125 Å². The third kappa shape index (κ3) is 6.45. The Balaban J connectivity index is 2.41. The molecule has 4 nitrogen and oxygen atoms in total. The summed E-state index contributed by atoms with van der Waals surface area (Å²) in [4.78, 5) is 11.7. The fraction of sp³-hybridized carbons (Fsp3) is 0.333. The first-order chi connectivity index (χ1) is 9.65. The third-order valence-electron chi connectivity index (χ3n) is 2.73. The zero-order chi connectivity index (χ0) is 14.8. The van der Waals surface area contributed by atoms with Crippen LogP contribution in [0, 0.1) is 0 Å². The van der Waals surface area contributed by atoms with Gasteiger partial charge in [0.1, 0.15) is 6.61 Å². The van der Waals surface area contributed by atoms with Crippen molar-refractivity contribution < 1.29 is 9.53 Å². The van der Waals surface area contributed by atoms with Crippen molar-refractivity contribution in [3.05, 3.63) is 48.0 Å². The highest BCUT2D eigenvalue weighted by molar-refractivity contribution is 7.79. The molecule has 0 aliphatic carbocycles. The number of carbonyl (C=O) groups is 1. The van der Waals surface area contributed by atoms with E-state index in [1.807, 2.05) is 30.3 Å². The van der Waals surface area contributed by atoms with E-state index in [0.717, 1.165) is 11.1 Å². The van der Waals surface area contributed by atoms with Gasteiger partial charge in [0.05, 0.1) is 0 Å². The molecule has 1 amide bonds. The second-order valence-corrected chi connectivity index (χ2v) is 4.70. The van der Waals surface area contributed by atoms with Crippen LogP contribution in [0.3, 0.4) is 0 Å². The molecule has 5 heteroatoms. The molecule has 0 bridgehead atoms. The molecule has 0 aromatic heterocycles. The van der Waals surface area contributed by atoms with Gasteiger partial charge in [-0.2, -0.15) is 0 Å². The molecule has 1 aromatic rings. The van der Waals surface area contributed by atoms with E-state index in [9.17, 15) is 4.79 Å². The zero-order valence-electron chi connectivity index (χ0n) is 11.4. The first kappa shape index (κ1) is 16.3. The molecule has 0 saturated heterocycles. The van der Waals surface area contributed by atoms with Crippen LogP contribution >= 0.6 is 12.2 Å². The lowest BCUT2D eigenvalue weighted by atomic mass is 10.1. The minimum absolute atomic E-state index is 0.102. The van der Waals surface area contributed by atoms with Crippen molar-refractivity contribution in [1.82, 2.24) is 5.32 Å². The summed E-state index contributed by atoms with van der Waals surface area (Å²) in [5.41, 5.74) is 7.27. The van der Waals surface area contributed by atoms with Crippen molar-refractivity contribution in [1.29, 1.82) is 0 Å². The van der Waals surface area contributed by atoms with Crippen LogP contribution in [0.4, 0.5) is 4.79 Å². The number of benzene rings is 1.